The third kappa shape index (κ3) is 3.58. The molecular formula is C13H18ClNO3Si. The Balaban J connectivity index is 3.46. The van der Waals surface area contributed by atoms with E-state index in [0.717, 1.165) is 5.19 Å². The van der Waals surface area contributed by atoms with Crippen molar-refractivity contribution in [1.29, 1.82) is 0 Å². The molecule has 0 unspecified atom stereocenters. The summed E-state index contributed by atoms with van der Waals surface area (Å²) in [5, 5.41) is 3.88. The fourth-order valence-electron chi connectivity index (χ4n) is 1.80. The summed E-state index contributed by atoms with van der Waals surface area (Å²) in [6, 6.07) is 3.45. The van der Waals surface area contributed by atoms with E-state index >= 15 is 0 Å². The molecule has 0 atom stereocenters. The standard InChI is InChI=1S/C13H18ClNO3Si/c1-5-15-13(17)11-10(19(2,3)4)7-6-9(12(11)14)18-8-16/h6-8H,5H2,1-4H3,(H,15,17). The van der Waals surface area contributed by atoms with Crippen LogP contribution in [0.15, 0.2) is 12.1 Å². The first-order chi connectivity index (χ1) is 8.82. The van der Waals surface area contributed by atoms with Gasteiger partial charge in [-0.3, -0.25) is 9.59 Å². The van der Waals surface area contributed by atoms with Crippen LogP contribution < -0.4 is 15.2 Å². The zero-order valence-corrected chi connectivity index (χ0v) is 13.3. The average Bonchev–Trinajstić information content (AvgIpc) is 2.30. The van der Waals surface area contributed by atoms with Gasteiger partial charge in [-0.1, -0.05) is 37.3 Å². The predicted octanol–water partition coefficient (Wildman–Crippen LogP) is 2.17. The smallest absolute Gasteiger partial charge is 0.298 e. The highest BCUT2D eigenvalue weighted by molar-refractivity contribution is 6.89. The lowest BCUT2D eigenvalue weighted by molar-refractivity contribution is -0.120. The van der Waals surface area contributed by atoms with E-state index in [4.69, 9.17) is 16.3 Å². The van der Waals surface area contributed by atoms with Gasteiger partial charge in [0, 0.05) is 6.54 Å². The highest BCUT2D eigenvalue weighted by Crippen LogP contribution is 2.28. The molecule has 0 fully saturated rings. The second kappa shape index (κ2) is 6.21. The third-order valence-corrected chi connectivity index (χ3v) is 5.06. The van der Waals surface area contributed by atoms with Crippen molar-refractivity contribution in [3.63, 3.8) is 0 Å². The van der Waals surface area contributed by atoms with Crippen LogP contribution in [0.5, 0.6) is 5.75 Å². The normalized spacial score (nSPS) is 11.0. The van der Waals surface area contributed by atoms with Crippen LogP contribution in [0.3, 0.4) is 0 Å². The molecule has 1 aromatic rings. The Morgan fingerprint density at radius 2 is 2.05 bits per heavy atom. The fraction of sp³-hybridized carbons (Fsp3) is 0.385. The molecule has 1 aromatic carbocycles. The van der Waals surface area contributed by atoms with Crippen LogP contribution in [0.1, 0.15) is 17.3 Å². The molecule has 1 N–H and O–H groups in total. The minimum atomic E-state index is -1.74. The Labute approximate surface area is 119 Å². The second-order valence-electron chi connectivity index (χ2n) is 5.12. The molecule has 0 aromatic heterocycles. The van der Waals surface area contributed by atoms with E-state index in [-0.39, 0.29) is 16.7 Å². The van der Waals surface area contributed by atoms with E-state index in [1.807, 2.05) is 13.0 Å². The summed E-state index contributed by atoms with van der Waals surface area (Å²) in [7, 11) is -1.74. The molecule has 104 valence electrons. The second-order valence-corrected chi connectivity index (χ2v) is 10.5. The highest BCUT2D eigenvalue weighted by atomic mass is 35.5. The van der Waals surface area contributed by atoms with Crippen LogP contribution in [0.25, 0.3) is 0 Å². The van der Waals surface area contributed by atoms with Crippen LogP contribution in [0.2, 0.25) is 24.7 Å². The molecule has 0 radical (unpaired) electrons. The Hall–Kier alpha value is -1.33. The molecule has 6 heteroatoms. The number of benzene rings is 1. The first-order valence-electron chi connectivity index (χ1n) is 6.04. The van der Waals surface area contributed by atoms with Crippen molar-refractivity contribution in [3.05, 3.63) is 22.7 Å². The van der Waals surface area contributed by atoms with Crippen LogP contribution in [0, 0.1) is 0 Å². The van der Waals surface area contributed by atoms with Gasteiger partial charge in [0.05, 0.1) is 18.7 Å². The van der Waals surface area contributed by atoms with E-state index in [1.54, 1.807) is 6.07 Å². The van der Waals surface area contributed by atoms with Gasteiger partial charge in [-0.05, 0) is 18.2 Å². The quantitative estimate of drug-likeness (QED) is 0.670. The molecular weight excluding hydrogens is 282 g/mol. The first kappa shape index (κ1) is 15.7. The number of carbonyl (C=O) groups is 2. The third-order valence-electron chi connectivity index (χ3n) is 2.65. The summed E-state index contributed by atoms with van der Waals surface area (Å²) in [4.78, 5) is 22.6. The van der Waals surface area contributed by atoms with E-state index in [1.165, 1.54) is 0 Å². The topological polar surface area (TPSA) is 55.4 Å². The van der Waals surface area contributed by atoms with Crippen molar-refractivity contribution >= 4 is 37.2 Å². The van der Waals surface area contributed by atoms with E-state index in [0.29, 0.717) is 18.6 Å². The number of amides is 1. The Morgan fingerprint density at radius 3 is 2.53 bits per heavy atom. The van der Waals surface area contributed by atoms with Gasteiger partial charge < -0.3 is 10.1 Å². The van der Waals surface area contributed by atoms with Gasteiger partial charge in [0.15, 0.2) is 0 Å². The highest BCUT2D eigenvalue weighted by Gasteiger charge is 2.27. The van der Waals surface area contributed by atoms with Crippen molar-refractivity contribution in [2.45, 2.75) is 26.6 Å². The first-order valence-corrected chi connectivity index (χ1v) is 9.92. The summed E-state index contributed by atoms with van der Waals surface area (Å²) in [6.45, 7) is 9.03. The van der Waals surface area contributed by atoms with Crippen molar-refractivity contribution in [2.75, 3.05) is 6.54 Å². The molecule has 0 aliphatic rings. The summed E-state index contributed by atoms with van der Waals surface area (Å²) >= 11 is 6.21. The van der Waals surface area contributed by atoms with Gasteiger partial charge in [0.1, 0.15) is 5.75 Å². The Morgan fingerprint density at radius 1 is 1.42 bits per heavy atom. The summed E-state index contributed by atoms with van der Waals surface area (Å²) in [5.41, 5.74) is 0.419. The maximum absolute atomic E-state index is 12.2. The SMILES string of the molecule is CCNC(=O)c1c([Si](C)(C)C)ccc(OC=O)c1Cl. The predicted molar refractivity (Wildman–Crippen MR) is 79.1 cm³/mol. The minimum Gasteiger partial charge on any atom is -0.427 e. The molecule has 0 aliphatic heterocycles. The van der Waals surface area contributed by atoms with Gasteiger partial charge in [-0.15, -0.1) is 0 Å². The van der Waals surface area contributed by atoms with Gasteiger partial charge in [0.25, 0.3) is 12.4 Å². The van der Waals surface area contributed by atoms with Gasteiger partial charge in [0.2, 0.25) is 0 Å². The van der Waals surface area contributed by atoms with Crippen LogP contribution in [-0.2, 0) is 4.79 Å². The largest absolute Gasteiger partial charge is 0.427 e. The lowest BCUT2D eigenvalue weighted by Gasteiger charge is -2.22. The van der Waals surface area contributed by atoms with Gasteiger partial charge in [-0.25, -0.2) is 0 Å². The Bertz CT molecular complexity index is 497. The Kier molecular flexibility index (Phi) is 5.14. The molecule has 0 bridgehead atoms. The van der Waals surface area contributed by atoms with Crippen molar-refractivity contribution < 1.29 is 14.3 Å². The van der Waals surface area contributed by atoms with E-state index in [2.05, 4.69) is 25.0 Å². The minimum absolute atomic E-state index is 0.193. The van der Waals surface area contributed by atoms with Crippen LogP contribution in [0.4, 0.5) is 0 Å². The fourth-order valence-corrected chi connectivity index (χ4v) is 3.74. The molecule has 4 nitrogen and oxygen atoms in total. The monoisotopic (exact) mass is 299 g/mol. The zero-order valence-electron chi connectivity index (χ0n) is 11.5. The maximum atomic E-state index is 12.2. The van der Waals surface area contributed by atoms with Gasteiger partial charge in [-0.2, -0.15) is 0 Å². The molecule has 0 saturated heterocycles. The molecule has 0 spiro atoms. The number of carbonyl (C=O) groups excluding carboxylic acids is 2. The number of ether oxygens (including phenoxy) is 1. The van der Waals surface area contributed by atoms with E-state index < -0.39 is 8.07 Å². The lowest BCUT2D eigenvalue weighted by atomic mass is 10.2. The summed E-state index contributed by atoms with van der Waals surface area (Å²) in [6.07, 6.45) is 0. The van der Waals surface area contributed by atoms with Crippen molar-refractivity contribution in [1.82, 2.24) is 5.32 Å². The molecule has 19 heavy (non-hydrogen) atoms. The summed E-state index contributed by atoms with van der Waals surface area (Å²) < 4.78 is 4.80. The number of hydrogen-bond donors (Lipinski definition) is 1. The van der Waals surface area contributed by atoms with Crippen LogP contribution in [-0.4, -0.2) is 27.0 Å². The number of hydrogen-bond acceptors (Lipinski definition) is 3. The van der Waals surface area contributed by atoms with Gasteiger partial charge >= 0.3 is 0 Å². The molecule has 0 aliphatic carbocycles. The molecule has 1 rings (SSSR count). The number of nitrogens with one attached hydrogen (secondary N) is 1. The molecule has 0 saturated carbocycles. The zero-order chi connectivity index (χ0) is 14.6. The number of halogens is 1. The molecule has 0 heterocycles. The number of rotatable bonds is 5. The lowest BCUT2D eigenvalue weighted by Crippen LogP contribution is -2.43. The average molecular weight is 300 g/mol. The summed E-state index contributed by atoms with van der Waals surface area (Å²) in [5.74, 6) is -0.0267. The maximum Gasteiger partial charge on any atom is 0.298 e. The van der Waals surface area contributed by atoms with Crippen molar-refractivity contribution in [2.24, 2.45) is 0 Å². The van der Waals surface area contributed by atoms with E-state index in [9.17, 15) is 9.59 Å². The van der Waals surface area contributed by atoms with Crippen molar-refractivity contribution in [3.8, 4) is 5.75 Å². The van der Waals surface area contributed by atoms with Crippen LogP contribution >= 0.6 is 11.6 Å². The molecule has 1 amide bonds.